The summed E-state index contributed by atoms with van der Waals surface area (Å²) in [5, 5.41) is 0. The van der Waals surface area contributed by atoms with Crippen molar-refractivity contribution in [3.8, 4) is 0 Å². The van der Waals surface area contributed by atoms with E-state index in [1.165, 1.54) is 0 Å². The van der Waals surface area contributed by atoms with Crippen LogP contribution in [-0.4, -0.2) is 11.1 Å². The van der Waals surface area contributed by atoms with E-state index in [2.05, 4.69) is 0 Å². The minimum absolute atomic E-state index is 0. The predicted octanol–water partition coefficient (Wildman–Crippen LogP) is -3.36. The van der Waals surface area contributed by atoms with Crippen LogP contribution in [0, 0.1) is 6.92 Å². The summed E-state index contributed by atoms with van der Waals surface area (Å²) in [5.74, 6) is 0. The van der Waals surface area contributed by atoms with Crippen molar-refractivity contribution in [2.45, 2.75) is 6.42 Å². The van der Waals surface area contributed by atoms with Crippen molar-refractivity contribution in [3.63, 3.8) is 0 Å². The molecule has 0 aliphatic heterocycles. The molecule has 42 valence electrons. The summed E-state index contributed by atoms with van der Waals surface area (Å²) in [6, 6.07) is 0. The van der Waals surface area contributed by atoms with Gasteiger partial charge in [-0.05, 0) is 13.3 Å². The van der Waals surface area contributed by atoms with Crippen LogP contribution in [0.3, 0.4) is 0 Å². The van der Waals surface area contributed by atoms with E-state index in [1.807, 2.05) is 0 Å². The summed E-state index contributed by atoms with van der Waals surface area (Å²) in [6.07, 6.45) is -0.343. The average molecular weight is 144 g/mol. The Kier molecular flexibility index (Phi) is 7.40. The Morgan fingerprint density at radius 1 is 1.75 bits per heavy atom. The van der Waals surface area contributed by atoms with Crippen LogP contribution in [0.1, 0.15) is 6.42 Å². The molecule has 0 fully saturated rings. The van der Waals surface area contributed by atoms with Crippen LogP contribution < -0.4 is 34.5 Å². The Morgan fingerprint density at radius 2 is 2.12 bits per heavy atom. The molecule has 0 saturated carbocycles. The summed E-state index contributed by atoms with van der Waals surface area (Å²) in [5.41, 5.74) is 0. The monoisotopic (exact) mass is 144 g/mol. The predicted molar refractivity (Wildman–Crippen MR) is 23.6 cm³/mol. The van der Waals surface area contributed by atoms with Crippen molar-refractivity contribution >= 4 is 7.60 Å². The molecule has 0 saturated heterocycles. The molecule has 0 rings (SSSR count). The van der Waals surface area contributed by atoms with Crippen LogP contribution in [0.5, 0.6) is 0 Å². The smallest absolute Gasteiger partial charge is 0.779 e. The van der Waals surface area contributed by atoms with Crippen molar-refractivity contribution in [1.29, 1.82) is 0 Å². The molecule has 0 spiro atoms. The Labute approximate surface area is 70.9 Å². The van der Waals surface area contributed by atoms with E-state index in [-0.39, 0.29) is 42.1 Å². The molecule has 0 heterocycles. The summed E-state index contributed by atoms with van der Waals surface area (Å²) >= 11 is 0. The number of rotatable bonds is 2. The van der Waals surface area contributed by atoms with Crippen LogP contribution in [0.15, 0.2) is 0 Å². The molecule has 8 heavy (non-hydrogen) atoms. The molecule has 0 aliphatic rings. The van der Waals surface area contributed by atoms with E-state index in [4.69, 9.17) is 11.8 Å². The van der Waals surface area contributed by atoms with Gasteiger partial charge in [0.2, 0.25) is 0 Å². The van der Waals surface area contributed by atoms with E-state index in [0.29, 0.717) is 0 Å². The molecule has 0 aromatic heterocycles. The maximum absolute atomic E-state index is 9.73. The SMILES string of the molecule is [CH]CCP(=O)([O-])O.[Na+]. The zero-order valence-corrected chi connectivity index (χ0v) is 7.60. The molecule has 0 bridgehead atoms. The fourth-order valence-electron chi connectivity index (χ4n) is 0.163. The van der Waals surface area contributed by atoms with Gasteiger partial charge in [-0.15, -0.1) is 0 Å². The van der Waals surface area contributed by atoms with Gasteiger partial charge in [-0.1, -0.05) is 0 Å². The van der Waals surface area contributed by atoms with Gasteiger partial charge in [0, 0.05) is 6.16 Å². The molecule has 3 nitrogen and oxygen atoms in total. The maximum atomic E-state index is 9.73. The second-order valence-electron chi connectivity index (χ2n) is 1.15. The minimum Gasteiger partial charge on any atom is -0.779 e. The second kappa shape index (κ2) is 4.98. The van der Waals surface area contributed by atoms with Crippen molar-refractivity contribution in [2.75, 3.05) is 6.16 Å². The first-order valence-corrected chi connectivity index (χ1v) is 3.55. The third-order valence-corrected chi connectivity index (χ3v) is 1.24. The standard InChI is InChI=1S/C3H7O3P.Na/c1-2-3-7(4,5)6;/h1H,2-3H2,(H2,4,5,6);/q;+1/p-1. The van der Waals surface area contributed by atoms with Gasteiger partial charge in [0.15, 0.2) is 0 Å². The third kappa shape index (κ3) is 10.2. The molecular weight excluding hydrogens is 138 g/mol. The molecule has 0 aromatic carbocycles. The van der Waals surface area contributed by atoms with Gasteiger partial charge in [0.1, 0.15) is 7.60 Å². The molecule has 0 aromatic rings. The zero-order valence-electron chi connectivity index (χ0n) is 4.70. The van der Waals surface area contributed by atoms with E-state index < -0.39 is 7.60 Å². The molecule has 5 heteroatoms. The molecule has 0 aliphatic carbocycles. The average Bonchev–Trinajstić information content (AvgIpc) is 1.30. The van der Waals surface area contributed by atoms with Gasteiger partial charge in [0.05, 0.1) is 0 Å². The summed E-state index contributed by atoms with van der Waals surface area (Å²) in [6.45, 7) is 4.78. The van der Waals surface area contributed by atoms with Gasteiger partial charge < -0.3 is 14.4 Å². The third-order valence-electron chi connectivity index (χ3n) is 0.412. The Bertz CT molecular complexity index is 88.5. The number of hydrogen-bond donors (Lipinski definition) is 1. The first-order valence-electron chi connectivity index (χ1n) is 1.79. The topological polar surface area (TPSA) is 60.4 Å². The zero-order chi connectivity index (χ0) is 5.91. The van der Waals surface area contributed by atoms with Crippen LogP contribution in [0.4, 0.5) is 0 Å². The fourth-order valence-corrected chi connectivity index (χ4v) is 0.489. The molecule has 1 unspecified atom stereocenters. The van der Waals surface area contributed by atoms with E-state index in [1.54, 1.807) is 0 Å². The minimum atomic E-state index is -4.04. The quantitative estimate of drug-likeness (QED) is 0.325. The van der Waals surface area contributed by atoms with Crippen LogP contribution in [0.25, 0.3) is 0 Å². The van der Waals surface area contributed by atoms with Gasteiger partial charge >= 0.3 is 29.6 Å². The first kappa shape index (κ1) is 11.9. The van der Waals surface area contributed by atoms with E-state index in [9.17, 15) is 9.46 Å². The first-order chi connectivity index (χ1) is 3.06. The van der Waals surface area contributed by atoms with E-state index in [0.717, 1.165) is 0 Å². The normalized spacial score (nSPS) is 16.4. The van der Waals surface area contributed by atoms with Crippen molar-refractivity contribution in [2.24, 2.45) is 0 Å². The van der Waals surface area contributed by atoms with Crippen molar-refractivity contribution in [1.82, 2.24) is 0 Å². The Hall–Kier alpha value is 1.15. The molecule has 1 atom stereocenters. The maximum Gasteiger partial charge on any atom is 1.00 e. The van der Waals surface area contributed by atoms with Crippen LogP contribution >= 0.6 is 7.60 Å². The largest absolute Gasteiger partial charge is 1.00 e. The Morgan fingerprint density at radius 3 is 2.12 bits per heavy atom. The van der Waals surface area contributed by atoms with Gasteiger partial charge in [-0.25, -0.2) is 0 Å². The molecule has 1 N–H and O–H groups in total. The van der Waals surface area contributed by atoms with Gasteiger partial charge in [-0.2, -0.15) is 0 Å². The summed E-state index contributed by atoms with van der Waals surface area (Å²) in [7, 11) is -4.04. The van der Waals surface area contributed by atoms with E-state index >= 15 is 0 Å². The molecule has 2 radical (unpaired) electrons. The summed E-state index contributed by atoms with van der Waals surface area (Å²) < 4.78 is 9.73. The molecular formula is C3H6NaO3P. The Balaban J connectivity index is 0. The number of hydrogen-bond acceptors (Lipinski definition) is 2. The van der Waals surface area contributed by atoms with Crippen LogP contribution in [-0.2, 0) is 4.57 Å². The van der Waals surface area contributed by atoms with Crippen molar-refractivity contribution < 1.29 is 43.9 Å². The van der Waals surface area contributed by atoms with Crippen molar-refractivity contribution in [3.05, 3.63) is 6.92 Å². The summed E-state index contributed by atoms with van der Waals surface area (Å²) in [4.78, 5) is 17.7. The van der Waals surface area contributed by atoms with Gasteiger partial charge in [0.25, 0.3) is 0 Å². The van der Waals surface area contributed by atoms with Gasteiger partial charge in [-0.3, -0.25) is 0 Å². The fraction of sp³-hybridized carbons (Fsp3) is 0.667. The molecule has 0 amide bonds. The van der Waals surface area contributed by atoms with Crippen LogP contribution in [0.2, 0.25) is 0 Å². The second-order valence-corrected chi connectivity index (χ2v) is 2.87.